The van der Waals surface area contributed by atoms with Gasteiger partial charge in [0.25, 0.3) is 5.91 Å². The van der Waals surface area contributed by atoms with Gasteiger partial charge >= 0.3 is 0 Å². The first-order valence-corrected chi connectivity index (χ1v) is 9.68. The minimum absolute atomic E-state index is 0.0980. The van der Waals surface area contributed by atoms with Crippen LogP contribution in [0.1, 0.15) is 48.2 Å². The van der Waals surface area contributed by atoms with Crippen molar-refractivity contribution in [2.75, 3.05) is 26.2 Å². The van der Waals surface area contributed by atoms with Crippen molar-refractivity contribution in [2.45, 2.75) is 38.5 Å². The molecule has 3 heterocycles. The number of hydrogen-bond acceptors (Lipinski definition) is 3. The van der Waals surface area contributed by atoms with Crippen molar-refractivity contribution >= 4 is 23.2 Å². The summed E-state index contributed by atoms with van der Waals surface area (Å²) in [6, 6.07) is 3.79. The van der Waals surface area contributed by atoms with Crippen LogP contribution in [0, 0.1) is 11.3 Å². The van der Waals surface area contributed by atoms with E-state index < -0.39 is 0 Å². The van der Waals surface area contributed by atoms with Crippen molar-refractivity contribution in [2.24, 2.45) is 11.3 Å². The molecule has 1 aromatic rings. The zero-order chi connectivity index (χ0) is 15.9. The van der Waals surface area contributed by atoms with Gasteiger partial charge in [-0.05, 0) is 49.5 Å². The molecule has 4 rings (SSSR count). The predicted octanol–water partition coefficient (Wildman–Crippen LogP) is 3.00. The third-order valence-corrected chi connectivity index (χ3v) is 6.76. The summed E-state index contributed by atoms with van der Waals surface area (Å²) in [6.45, 7) is 3.19. The Morgan fingerprint density at radius 2 is 2.13 bits per heavy atom. The van der Waals surface area contributed by atoms with Crippen LogP contribution in [0.2, 0.25) is 0 Å². The average Bonchev–Trinajstić information content (AvgIpc) is 3.17. The number of nitrogens with zero attached hydrogens (tertiary/aromatic N) is 2. The summed E-state index contributed by atoms with van der Waals surface area (Å²) in [5, 5.41) is 1.94. The van der Waals surface area contributed by atoms with Crippen molar-refractivity contribution in [3.05, 3.63) is 22.4 Å². The SMILES string of the molecule is O=C(c1cccs1)N1CC[C@]2(CCCN(CC3CCC3)C2=O)C1. The van der Waals surface area contributed by atoms with E-state index in [1.807, 2.05) is 22.4 Å². The minimum atomic E-state index is -0.297. The molecule has 3 fully saturated rings. The van der Waals surface area contributed by atoms with Crippen LogP contribution in [-0.2, 0) is 4.79 Å². The average molecular weight is 332 g/mol. The predicted molar refractivity (Wildman–Crippen MR) is 90.4 cm³/mol. The number of piperidine rings is 1. The topological polar surface area (TPSA) is 40.6 Å². The molecule has 2 saturated heterocycles. The number of carbonyl (C=O) groups excluding carboxylic acids is 2. The number of rotatable bonds is 3. The Hall–Kier alpha value is -1.36. The Morgan fingerprint density at radius 3 is 2.83 bits per heavy atom. The summed E-state index contributed by atoms with van der Waals surface area (Å²) in [7, 11) is 0. The molecule has 4 nitrogen and oxygen atoms in total. The van der Waals surface area contributed by atoms with Gasteiger partial charge in [0.05, 0.1) is 10.3 Å². The number of carbonyl (C=O) groups is 2. The second-order valence-electron chi connectivity index (χ2n) is 7.39. The van der Waals surface area contributed by atoms with Gasteiger partial charge in [-0.1, -0.05) is 12.5 Å². The Kier molecular flexibility index (Phi) is 3.92. The molecule has 1 aliphatic carbocycles. The molecule has 0 aromatic carbocycles. The van der Waals surface area contributed by atoms with Crippen LogP contribution >= 0.6 is 11.3 Å². The van der Waals surface area contributed by atoms with Gasteiger partial charge in [-0.25, -0.2) is 0 Å². The van der Waals surface area contributed by atoms with E-state index in [9.17, 15) is 9.59 Å². The van der Waals surface area contributed by atoms with Crippen LogP contribution in [0.25, 0.3) is 0 Å². The van der Waals surface area contributed by atoms with Gasteiger partial charge in [-0.15, -0.1) is 11.3 Å². The molecular weight excluding hydrogens is 308 g/mol. The highest BCUT2D eigenvalue weighted by molar-refractivity contribution is 7.12. The van der Waals surface area contributed by atoms with Crippen LogP contribution in [-0.4, -0.2) is 47.8 Å². The van der Waals surface area contributed by atoms with Crippen LogP contribution in [0.5, 0.6) is 0 Å². The summed E-state index contributed by atoms with van der Waals surface area (Å²) in [4.78, 5) is 30.4. The van der Waals surface area contributed by atoms with Gasteiger partial charge < -0.3 is 9.80 Å². The molecule has 1 saturated carbocycles. The normalized spacial score (nSPS) is 28.4. The number of hydrogen-bond donors (Lipinski definition) is 0. The maximum atomic E-state index is 13.1. The van der Waals surface area contributed by atoms with E-state index in [4.69, 9.17) is 0 Å². The lowest BCUT2D eigenvalue weighted by Gasteiger charge is -2.42. The first-order chi connectivity index (χ1) is 11.2. The second kappa shape index (κ2) is 5.93. The maximum Gasteiger partial charge on any atom is 0.263 e. The zero-order valence-corrected chi connectivity index (χ0v) is 14.3. The summed E-state index contributed by atoms with van der Waals surface area (Å²) >= 11 is 1.49. The molecule has 0 bridgehead atoms. The van der Waals surface area contributed by atoms with Crippen LogP contribution in [0.15, 0.2) is 17.5 Å². The first kappa shape index (κ1) is 15.2. The third-order valence-electron chi connectivity index (χ3n) is 5.90. The van der Waals surface area contributed by atoms with Gasteiger partial charge in [0.15, 0.2) is 0 Å². The van der Waals surface area contributed by atoms with Crippen molar-refractivity contribution in [3.8, 4) is 0 Å². The van der Waals surface area contributed by atoms with Gasteiger partial charge in [0.1, 0.15) is 0 Å². The smallest absolute Gasteiger partial charge is 0.263 e. The molecule has 0 unspecified atom stereocenters. The lowest BCUT2D eigenvalue weighted by molar-refractivity contribution is -0.146. The van der Waals surface area contributed by atoms with Crippen LogP contribution in [0.3, 0.4) is 0 Å². The Labute approximate surface area is 141 Å². The van der Waals surface area contributed by atoms with E-state index in [0.717, 1.165) is 49.7 Å². The summed E-state index contributed by atoms with van der Waals surface area (Å²) < 4.78 is 0. The third kappa shape index (κ3) is 2.69. The highest BCUT2D eigenvalue weighted by Gasteiger charge is 2.49. The standard InChI is InChI=1S/C18H24N2O2S/c21-16(15-6-2-11-23-15)20-10-8-18(13-20)7-3-9-19(17(18)22)12-14-4-1-5-14/h2,6,11,14H,1,3-5,7-10,12-13H2/t18-/m1/s1. The lowest BCUT2D eigenvalue weighted by atomic mass is 9.77. The van der Waals surface area contributed by atoms with Gasteiger partial charge in [0.2, 0.25) is 5.91 Å². The second-order valence-corrected chi connectivity index (χ2v) is 8.33. The van der Waals surface area contributed by atoms with Crippen molar-refractivity contribution < 1.29 is 9.59 Å². The van der Waals surface area contributed by atoms with Crippen molar-refractivity contribution in [1.29, 1.82) is 0 Å². The Bertz CT molecular complexity index is 596. The van der Waals surface area contributed by atoms with E-state index in [-0.39, 0.29) is 11.3 Å². The largest absolute Gasteiger partial charge is 0.342 e. The van der Waals surface area contributed by atoms with E-state index in [0.29, 0.717) is 12.5 Å². The molecule has 5 heteroatoms. The molecule has 23 heavy (non-hydrogen) atoms. The molecule has 1 spiro atoms. The Balaban J connectivity index is 1.45. The van der Waals surface area contributed by atoms with Crippen LogP contribution in [0.4, 0.5) is 0 Å². The molecule has 124 valence electrons. The van der Waals surface area contributed by atoms with Crippen LogP contribution < -0.4 is 0 Å². The molecule has 1 aromatic heterocycles. The number of thiophene rings is 1. The van der Waals surface area contributed by atoms with Gasteiger partial charge in [0, 0.05) is 26.2 Å². The number of likely N-dealkylation sites (tertiary alicyclic amines) is 2. The Morgan fingerprint density at radius 1 is 1.26 bits per heavy atom. The molecular formula is C18H24N2O2S. The van der Waals surface area contributed by atoms with E-state index in [1.54, 1.807) is 0 Å². The maximum absolute atomic E-state index is 13.1. The van der Waals surface area contributed by atoms with E-state index >= 15 is 0 Å². The quantitative estimate of drug-likeness (QED) is 0.854. The van der Waals surface area contributed by atoms with Crippen molar-refractivity contribution in [1.82, 2.24) is 9.80 Å². The van der Waals surface area contributed by atoms with E-state index in [2.05, 4.69) is 4.90 Å². The first-order valence-electron chi connectivity index (χ1n) is 8.80. The molecule has 0 radical (unpaired) electrons. The molecule has 2 aliphatic heterocycles. The molecule has 1 atom stereocenters. The van der Waals surface area contributed by atoms with Gasteiger partial charge in [-0.3, -0.25) is 9.59 Å². The summed E-state index contributed by atoms with van der Waals surface area (Å²) in [5.74, 6) is 1.14. The fraction of sp³-hybridized carbons (Fsp3) is 0.667. The highest BCUT2D eigenvalue weighted by Crippen LogP contribution is 2.41. The summed E-state index contributed by atoms with van der Waals surface area (Å²) in [5.41, 5.74) is -0.297. The molecule has 3 aliphatic rings. The fourth-order valence-corrected chi connectivity index (χ4v) is 4.98. The summed E-state index contributed by atoms with van der Waals surface area (Å²) in [6.07, 6.45) is 6.74. The lowest BCUT2D eigenvalue weighted by Crippen LogP contribution is -2.52. The molecule has 2 amide bonds. The number of amides is 2. The van der Waals surface area contributed by atoms with Gasteiger partial charge in [-0.2, -0.15) is 0 Å². The van der Waals surface area contributed by atoms with Crippen molar-refractivity contribution in [3.63, 3.8) is 0 Å². The monoisotopic (exact) mass is 332 g/mol. The zero-order valence-electron chi connectivity index (χ0n) is 13.5. The fourth-order valence-electron chi connectivity index (χ4n) is 4.29. The van der Waals surface area contributed by atoms with E-state index in [1.165, 1.54) is 30.6 Å². The minimum Gasteiger partial charge on any atom is -0.342 e. The highest BCUT2D eigenvalue weighted by atomic mass is 32.1. The molecule has 0 N–H and O–H groups in total.